The Hall–Kier alpha value is -1.43. The molecule has 0 atom stereocenters. The zero-order chi connectivity index (χ0) is 12.3. The summed E-state index contributed by atoms with van der Waals surface area (Å²) < 4.78 is 31.0. The molecule has 0 aliphatic rings. The molecule has 6 heteroatoms. The van der Waals surface area contributed by atoms with Crippen molar-refractivity contribution < 1.29 is 23.4 Å². The zero-order valence-corrected chi connectivity index (χ0v) is 9.55. The Morgan fingerprint density at radius 1 is 1.44 bits per heavy atom. The highest BCUT2D eigenvalue weighted by Gasteiger charge is 2.14. The molecule has 16 heavy (non-hydrogen) atoms. The number of carboxylic acid groups (broad SMARTS) is 1. The highest BCUT2D eigenvalue weighted by atomic mass is 79.9. The Morgan fingerprint density at radius 2 is 2.06 bits per heavy atom. The largest absolute Gasteiger partial charge is 0.485 e. The predicted octanol–water partition coefficient (Wildman–Crippen LogP) is 2.75. The van der Waals surface area contributed by atoms with Gasteiger partial charge in [0, 0.05) is 0 Å². The van der Waals surface area contributed by atoms with E-state index in [1.807, 2.05) is 0 Å². The highest BCUT2D eigenvalue weighted by Crippen LogP contribution is 2.26. The Kier molecular flexibility index (Phi) is 4.00. The average molecular weight is 293 g/mol. The molecule has 1 N–H and O–H groups in total. The van der Waals surface area contributed by atoms with Crippen molar-refractivity contribution in [2.75, 3.05) is 6.61 Å². The summed E-state index contributed by atoms with van der Waals surface area (Å²) >= 11 is 2.80. The van der Waals surface area contributed by atoms with Crippen molar-refractivity contribution >= 4 is 21.9 Å². The molecule has 0 radical (unpaired) electrons. The van der Waals surface area contributed by atoms with Gasteiger partial charge in [0.25, 0.3) is 0 Å². The van der Waals surface area contributed by atoms with E-state index >= 15 is 0 Å². The number of carboxylic acids is 1. The first-order valence-corrected chi connectivity index (χ1v) is 4.90. The molecule has 1 aromatic rings. The molecule has 0 unspecified atom stereocenters. The Bertz CT molecular complexity index is 446. The first-order chi connectivity index (χ1) is 7.43. The van der Waals surface area contributed by atoms with Crippen LogP contribution in [-0.2, 0) is 4.79 Å². The fraction of sp³-hybridized carbons (Fsp3) is 0.100. The van der Waals surface area contributed by atoms with Gasteiger partial charge in [-0.1, -0.05) is 6.58 Å². The second-order valence-corrected chi connectivity index (χ2v) is 3.73. The summed E-state index contributed by atoms with van der Waals surface area (Å²) in [6.07, 6.45) is 0. The second kappa shape index (κ2) is 5.07. The lowest BCUT2D eigenvalue weighted by atomic mass is 10.3. The molecule has 0 saturated heterocycles. The normalized spacial score (nSPS) is 9.94. The van der Waals surface area contributed by atoms with E-state index in [1.165, 1.54) is 12.1 Å². The minimum Gasteiger partial charge on any atom is -0.485 e. The molecule has 0 amide bonds. The molecule has 0 fully saturated rings. The van der Waals surface area contributed by atoms with E-state index in [0.29, 0.717) is 0 Å². The van der Waals surface area contributed by atoms with Gasteiger partial charge in [-0.3, -0.25) is 0 Å². The van der Waals surface area contributed by atoms with Crippen molar-refractivity contribution in [1.82, 2.24) is 0 Å². The number of aliphatic carboxylic acids is 1. The third kappa shape index (κ3) is 2.79. The molecular weight excluding hydrogens is 286 g/mol. The van der Waals surface area contributed by atoms with Crippen molar-refractivity contribution in [3.05, 3.63) is 40.4 Å². The van der Waals surface area contributed by atoms with Crippen molar-refractivity contribution in [2.24, 2.45) is 0 Å². The monoisotopic (exact) mass is 292 g/mol. The maximum Gasteiger partial charge on any atom is 0.334 e. The van der Waals surface area contributed by atoms with Crippen LogP contribution in [0.25, 0.3) is 0 Å². The standard InChI is InChI=1S/C10H7BrF2O3/c1-5(10(14)15)4-16-7-3-2-6(11)8(12)9(7)13/h2-3H,1,4H2,(H,14,15). The Morgan fingerprint density at radius 3 is 2.62 bits per heavy atom. The van der Waals surface area contributed by atoms with E-state index in [2.05, 4.69) is 22.5 Å². The second-order valence-electron chi connectivity index (χ2n) is 2.87. The number of hydrogen-bond acceptors (Lipinski definition) is 2. The SMILES string of the molecule is C=C(COc1ccc(Br)c(F)c1F)C(=O)O. The van der Waals surface area contributed by atoms with Crippen molar-refractivity contribution in [3.8, 4) is 5.75 Å². The summed E-state index contributed by atoms with van der Waals surface area (Å²) in [6.45, 7) is 2.78. The topological polar surface area (TPSA) is 46.5 Å². The van der Waals surface area contributed by atoms with Crippen molar-refractivity contribution in [3.63, 3.8) is 0 Å². The molecule has 0 saturated carbocycles. The van der Waals surface area contributed by atoms with E-state index in [1.54, 1.807) is 0 Å². The fourth-order valence-electron chi connectivity index (χ4n) is 0.846. The minimum atomic E-state index is -1.25. The Labute approximate surface area is 98.5 Å². The maximum atomic E-state index is 13.2. The van der Waals surface area contributed by atoms with E-state index in [0.717, 1.165) is 0 Å². The Balaban J connectivity index is 2.79. The lowest BCUT2D eigenvalue weighted by Gasteiger charge is -2.07. The third-order valence-corrected chi connectivity index (χ3v) is 2.32. The number of carbonyl (C=O) groups is 1. The summed E-state index contributed by atoms with van der Waals surface area (Å²) in [5, 5.41) is 8.47. The number of hydrogen-bond donors (Lipinski definition) is 1. The van der Waals surface area contributed by atoms with Crippen LogP contribution < -0.4 is 4.74 Å². The van der Waals surface area contributed by atoms with Gasteiger partial charge in [-0.15, -0.1) is 0 Å². The molecule has 1 rings (SSSR count). The van der Waals surface area contributed by atoms with Crippen LogP contribution in [0.3, 0.4) is 0 Å². The molecule has 0 bridgehead atoms. The number of ether oxygens (including phenoxy) is 1. The number of halogens is 3. The van der Waals surface area contributed by atoms with Gasteiger partial charge in [0.1, 0.15) is 6.61 Å². The van der Waals surface area contributed by atoms with Gasteiger partial charge in [0.2, 0.25) is 5.82 Å². The molecular formula is C10H7BrF2O3. The third-order valence-electron chi connectivity index (χ3n) is 1.70. The van der Waals surface area contributed by atoms with Gasteiger partial charge in [-0.2, -0.15) is 4.39 Å². The molecule has 1 aromatic carbocycles. The molecule has 0 heterocycles. The van der Waals surface area contributed by atoms with E-state index in [-0.39, 0.29) is 15.8 Å². The summed E-state index contributed by atoms with van der Waals surface area (Å²) in [5.41, 5.74) is -0.247. The lowest BCUT2D eigenvalue weighted by molar-refractivity contribution is -0.133. The van der Waals surface area contributed by atoms with E-state index in [9.17, 15) is 13.6 Å². The molecule has 86 valence electrons. The number of benzene rings is 1. The average Bonchev–Trinajstić information content (AvgIpc) is 2.24. The van der Waals surface area contributed by atoms with Crippen LogP contribution in [0.2, 0.25) is 0 Å². The summed E-state index contributed by atoms with van der Waals surface area (Å²) in [5.74, 6) is -3.87. The van der Waals surface area contributed by atoms with Gasteiger partial charge in [-0.25, -0.2) is 9.18 Å². The molecule has 0 aliphatic carbocycles. The first kappa shape index (κ1) is 12.6. The van der Waals surface area contributed by atoms with Crippen molar-refractivity contribution in [2.45, 2.75) is 0 Å². The van der Waals surface area contributed by atoms with Gasteiger partial charge in [-0.05, 0) is 28.1 Å². The van der Waals surface area contributed by atoms with Crippen LogP contribution in [0, 0.1) is 11.6 Å². The molecule has 0 aromatic heterocycles. The summed E-state index contributed by atoms with van der Waals surface area (Å²) in [4.78, 5) is 10.4. The van der Waals surface area contributed by atoms with Gasteiger partial charge in [0.15, 0.2) is 11.6 Å². The van der Waals surface area contributed by atoms with Crippen LogP contribution >= 0.6 is 15.9 Å². The van der Waals surface area contributed by atoms with Crippen LogP contribution in [0.15, 0.2) is 28.8 Å². The smallest absolute Gasteiger partial charge is 0.334 e. The van der Waals surface area contributed by atoms with E-state index in [4.69, 9.17) is 9.84 Å². The summed E-state index contributed by atoms with van der Waals surface area (Å²) in [7, 11) is 0. The molecule has 0 spiro atoms. The lowest BCUT2D eigenvalue weighted by Crippen LogP contribution is -2.10. The first-order valence-electron chi connectivity index (χ1n) is 4.11. The molecule has 0 aliphatic heterocycles. The van der Waals surface area contributed by atoms with Crippen molar-refractivity contribution in [1.29, 1.82) is 0 Å². The van der Waals surface area contributed by atoms with Gasteiger partial charge < -0.3 is 9.84 Å². The van der Waals surface area contributed by atoms with E-state index < -0.39 is 24.2 Å². The fourth-order valence-corrected chi connectivity index (χ4v) is 1.15. The van der Waals surface area contributed by atoms with Crippen LogP contribution in [0.4, 0.5) is 8.78 Å². The molecule has 3 nitrogen and oxygen atoms in total. The van der Waals surface area contributed by atoms with Crippen LogP contribution in [0.5, 0.6) is 5.75 Å². The number of rotatable bonds is 4. The quantitative estimate of drug-likeness (QED) is 0.686. The highest BCUT2D eigenvalue weighted by molar-refractivity contribution is 9.10. The zero-order valence-electron chi connectivity index (χ0n) is 7.97. The maximum absolute atomic E-state index is 13.2. The predicted molar refractivity (Wildman–Crippen MR) is 56.3 cm³/mol. The minimum absolute atomic E-state index is 0.0330. The van der Waals surface area contributed by atoms with Crippen LogP contribution in [-0.4, -0.2) is 17.7 Å². The van der Waals surface area contributed by atoms with Gasteiger partial charge >= 0.3 is 5.97 Å². The summed E-state index contributed by atoms with van der Waals surface area (Å²) in [6, 6.07) is 2.45. The van der Waals surface area contributed by atoms with Gasteiger partial charge in [0.05, 0.1) is 10.0 Å². The van der Waals surface area contributed by atoms with Crippen LogP contribution in [0.1, 0.15) is 0 Å².